The van der Waals surface area contributed by atoms with Crippen LogP contribution in [0.4, 0.5) is 0 Å². The average Bonchev–Trinajstić information content (AvgIpc) is 2.96. The second-order valence-corrected chi connectivity index (χ2v) is 7.19. The van der Waals surface area contributed by atoms with Crippen LogP contribution in [0.25, 0.3) is 0 Å². The average molecular weight is 264 g/mol. The van der Waals surface area contributed by atoms with Crippen molar-refractivity contribution in [1.29, 1.82) is 0 Å². The van der Waals surface area contributed by atoms with E-state index in [-0.39, 0.29) is 0 Å². The van der Waals surface area contributed by atoms with Crippen LogP contribution in [0.5, 0.6) is 0 Å². The van der Waals surface area contributed by atoms with Crippen LogP contribution in [0, 0.1) is 11.8 Å². The van der Waals surface area contributed by atoms with Gasteiger partial charge in [-0.15, -0.1) is 11.3 Å². The zero-order valence-corrected chi connectivity index (χ0v) is 12.1. The summed E-state index contributed by atoms with van der Waals surface area (Å²) in [6.45, 7) is 5.88. The molecule has 0 aromatic carbocycles. The molecule has 1 aromatic heterocycles. The van der Waals surface area contributed by atoms with Gasteiger partial charge in [-0.25, -0.2) is 0 Å². The van der Waals surface area contributed by atoms with E-state index in [4.69, 9.17) is 5.73 Å². The fourth-order valence-corrected chi connectivity index (χ4v) is 4.66. The molecule has 3 unspecified atom stereocenters. The minimum absolute atomic E-state index is 0.461. The highest BCUT2D eigenvalue weighted by Gasteiger charge is 2.38. The van der Waals surface area contributed by atoms with Crippen LogP contribution in [-0.4, -0.2) is 24.0 Å². The van der Waals surface area contributed by atoms with Gasteiger partial charge in [-0.3, -0.25) is 4.90 Å². The molecule has 1 saturated heterocycles. The highest BCUT2D eigenvalue weighted by atomic mass is 32.1. The van der Waals surface area contributed by atoms with Crippen molar-refractivity contribution in [1.82, 2.24) is 4.90 Å². The van der Waals surface area contributed by atoms with Gasteiger partial charge < -0.3 is 5.73 Å². The fraction of sp³-hybridized carbons (Fsp3) is 0.733. The van der Waals surface area contributed by atoms with Gasteiger partial charge >= 0.3 is 0 Å². The number of fused-ring (bicyclic) bond motifs is 1. The summed E-state index contributed by atoms with van der Waals surface area (Å²) in [6, 6.07) is 5.06. The first-order valence-corrected chi connectivity index (χ1v) is 8.13. The smallest absolute Gasteiger partial charge is 0.0328 e. The van der Waals surface area contributed by atoms with E-state index in [9.17, 15) is 0 Å². The van der Waals surface area contributed by atoms with Crippen molar-refractivity contribution in [3.05, 3.63) is 21.9 Å². The number of nitrogens with zero attached hydrogens (tertiary/aromatic N) is 1. The van der Waals surface area contributed by atoms with Crippen molar-refractivity contribution in [2.45, 2.75) is 45.2 Å². The summed E-state index contributed by atoms with van der Waals surface area (Å²) in [4.78, 5) is 5.67. The van der Waals surface area contributed by atoms with Gasteiger partial charge in [-0.2, -0.15) is 0 Å². The normalized spacial score (nSPS) is 32.7. The maximum absolute atomic E-state index is 6.28. The van der Waals surface area contributed by atoms with Crippen molar-refractivity contribution in [2.75, 3.05) is 13.1 Å². The summed E-state index contributed by atoms with van der Waals surface area (Å²) in [6.07, 6.45) is 5.16. The van der Waals surface area contributed by atoms with Gasteiger partial charge in [0.05, 0.1) is 0 Å². The summed E-state index contributed by atoms with van der Waals surface area (Å²) < 4.78 is 0. The third-order valence-corrected chi connectivity index (χ3v) is 5.89. The van der Waals surface area contributed by atoms with Gasteiger partial charge in [-0.1, -0.05) is 13.3 Å². The Kier molecular flexibility index (Phi) is 3.73. The molecule has 2 fully saturated rings. The third kappa shape index (κ3) is 2.49. The standard InChI is InChI=1S/C15H24N2S/c1-2-12-6-7-13(18-12)9-17-8-11-4-3-5-15(16)14(11)10-17/h6-7,11,14-15H,2-5,8-10,16H2,1H3. The Morgan fingerprint density at radius 3 is 2.83 bits per heavy atom. The number of hydrogen-bond acceptors (Lipinski definition) is 3. The van der Waals surface area contributed by atoms with E-state index in [1.807, 2.05) is 11.3 Å². The molecule has 2 heterocycles. The lowest BCUT2D eigenvalue weighted by atomic mass is 9.78. The summed E-state index contributed by atoms with van der Waals surface area (Å²) in [5.41, 5.74) is 6.28. The molecule has 0 bridgehead atoms. The van der Waals surface area contributed by atoms with Crippen LogP contribution in [-0.2, 0) is 13.0 Å². The Hall–Kier alpha value is -0.380. The monoisotopic (exact) mass is 264 g/mol. The molecule has 2 N–H and O–H groups in total. The quantitative estimate of drug-likeness (QED) is 0.909. The molecule has 0 radical (unpaired) electrons. The summed E-state index contributed by atoms with van der Waals surface area (Å²) >= 11 is 1.98. The predicted molar refractivity (Wildman–Crippen MR) is 77.8 cm³/mol. The second-order valence-electron chi connectivity index (χ2n) is 5.93. The molecule has 0 spiro atoms. The van der Waals surface area contributed by atoms with Crippen molar-refractivity contribution < 1.29 is 0 Å². The molecular weight excluding hydrogens is 240 g/mol. The first kappa shape index (κ1) is 12.6. The number of hydrogen-bond donors (Lipinski definition) is 1. The van der Waals surface area contributed by atoms with E-state index in [1.54, 1.807) is 0 Å². The van der Waals surface area contributed by atoms with Gasteiger partial charge in [0, 0.05) is 35.4 Å². The fourth-order valence-electron chi connectivity index (χ4n) is 3.66. The zero-order chi connectivity index (χ0) is 12.5. The Bertz CT molecular complexity index is 401. The molecule has 3 rings (SSSR count). The molecule has 3 atom stereocenters. The van der Waals surface area contributed by atoms with E-state index >= 15 is 0 Å². The van der Waals surface area contributed by atoms with E-state index in [2.05, 4.69) is 24.0 Å². The molecule has 3 heteroatoms. The molecule has 2 nitrogen and oxygen atoms in total. The molecule has 1 aliphatic carbocycles. The van der Waals surface area contributed by atoms with Crippen molar-refractivity contribution in [2.24, 2.45) is 17.6 Å². The number of aryl methyl sites for hydroxylation is 1. The summed E-state index contributed by atoms with van der Waals surface area (Å²) in [7, 11) is 0. The van der Waals surface area contributed by atoms with Crippen LogP contribution in [0.2, 0.25) is 0 Å². The number of thiophene rings is 1. The molecule has 100 valence electrons. The van der Waals surface area contributed by atoms with Crippen molar-refractivity contribution in [3.8, 4) is 0 Å². The van der Waals surface area contributed by atoms with Gasteiger partial charge in [0.25, 0.3) is 0 Å². The van der Waals surface area contributed by atoms with Crippen LogP contribution >= 0.6 is 11.3 Å². The Labute approximate surface area is 114 Å². The Balaban J connectivity index is 1.61. The third-order valence-electron chi connectivity index (χ3n) is 4.67. The lowest BCUT2D eigenvalue weighted by Gasteiger charge is -2.29. The van der Waals surface area contributed by atoms with Gasteiger partial charge in [0.15, 0.2) is 0 Å². The first-order valence-electron chi connectivity index (χ1n) is 7.31. The molecule has 18 heavy (non-hydrogen) atoms. The molecule has 0 amide bonds. The topological polar surface area (TPSA) is 29.3 Å². The van der Waals surface area contributed by atoms with E-state index in [0.29, 0.717) is 6.04 Å². The van der Waals surface area contributed by atoms with Gasteiger partial charge in [0.1, 0.15) is 0 Å². The summed E-state index contributed by atoms with van der Waals surface area (Å²) in [5.74, 6) is 1.64. The minimum atomic E-state index is 0.461. The molecule has 1 aliphatic heterocycles. The Morgan fingerprint density at radius 1 is 1.28 bits per heavy atom. The molecule has 1 aromatic rings. The largest absolute Gasteiger partial charge is 0.327 e. The highest BCUT2D eigenvalue weighted by molar-refractivity contribution is 7.11. The molecule has 1 saturated carbocycles. The summed E-state index contributed by atoms with van der Waals surface area (Å²) in [5, 5.41) is 0. The molecular formula is C15H24N2S. The maximum atomic E-state index is 6.28. The lowest BCUT2D eigenvalue weighted by molar-refractivity contribution is 0.259. The van der Waals surface area contributed by atoms with Gasteiger partial charge in [-0.05, 0) is 43.2 Å². The highest BCUT2D eigenvalue weighted by Crippen LogP contribution is 2.36. The number of rotatable bonds is 3. The lowest BCUT2D eigenvalue weighted by Crippen LogP contribution is -2.38. The van der Waals surface area contributed by atoms with E-state index in [1.165, 1.54) is 48.5 Å². The number of likely N-dealkylation sites (tertiary alicyclic amines) is 1. The van der Waals surface area contributed by atoms with Crippen molar-refractivity contribution in [3.63, 3.8) is 0 Å². The second kappa shape index (κ2) is 5.32. The van der Waals surface area contributed by atoms with Crippen LogP contribution in [0.15, 0.2) is 12.1 Å². The Morgan fingerprint density at radius 2 is 2.11 bits per heavy atom. The molecule has 2 aliphatic rings. The van der Waals surface area contributed by atoms with Gasteiger partial charge in [0.2, 0.25) is 0 Å². The van der Waals surface area contributed by atoms with Crippen molar-refractivity contribution >= 4 is 11.3 Å². The van der Waals surface area contributed by atoms with Crippen LogP contribution in [0.3, 0.4) is 0 Å². The van der Waals surface area contributed by atoms with E-state index < -0.39 is 0 Å². The van der Waals surface area contributed by atoms with E-state index in [0.717, 1.165) is 18.4 Å². The van der Waals surface area contributed by atoms with Crippen LogP contribution < -0.4 is 5.73 Å². The zero-order valence-electron chi connectivity index (χ0n) is 11.3. The maximum Gasteiger partial charge on any atom is 0.0328 e. The predicted octanol–water partition coefficient (Wildman–Crippen LogP) is 2.87. The minimum Gasteiger partial charge on any atom is -0.327 e. The SMILES string of the molecule is CCc1ccc(CN2CC3CCCC(N)C3C2)s1. The van der Waals surface area contributed by atoms with Crippen LogP contribution in [0.1, 0.15) is 35.9 Å². The first-order chi connectivity index (χ1) is 8.76. The number of nitrogens with two attached hydrogens (primary N) is 1.